The Hall–Kier alpha value is -2.94. The zero-order valence-electron chi connectivity index (χ0n) is 17.0. The highest BCUT2D eigenvalue weighted by atomic mass is 16.2. The maximum Gasteiger partial charge on any atom is 0.254 e. The summed E-state index contributed by atoms with van der Waals surface area (Å²) in [6.07, 6.45) is 9.50. The van der Waals surface area contributed by atoms with Crippen molar-refractivity contribution < 1.29 is 9.59 Å². The number of imide groups is 1. The fourth-order valence-electron chi connectivity index (χ4n) is 4.05. The molecule has 2 aromatic heterocycles. The van der Waals surface area contributed by atoms with E-state index in [2.05, 4.69) is 25.9 Å². The fourth-order valence-corrected chi connectivity index (χ4v) is 4.05. The van der Waals surface area contributed by atoms with Crippen molar-refractivity contribution >= 4 is 35.2 Å². The van der Waals surface area contributed by atoms with Crippen LogP contribution in [0.2, 0.25) is 0 Å². The van der Waals surface area contributed by atoms with E-state index in [0.717, 1.165) is 49.6 Å². The smallest absolute Gasteiger partial charge is 0.254 e. The molecule has 0 radical (unpaired) electrons. The first-order valence-electron chi connectivity index (χ1n) is 10.8. The second-order valence-electron chi connectivity index (χ2n) is 8.33. The number of fused-ring (bicyclic) bond motifs is 1. The summed E-state index contributed by atoms with van der Waals surface area (Å²) >= 11 is 0. The predicted molar refractivity (Wildman–Crippen MR) is 114 cm³/mol. The van der Waals surface area contributed by atoms with Gasteiger partial charge in [-0.3, -0.25) is 14.9 Å². The molecule has 1 saturated carbocycles. The van der Waals surface area contributed by atoms with E-state index in [4.69, 9.17) is 4.98 Å². The summed E-state index contributed by atoms with van der Waals surface area (Å²) in [5.74, 6) is 1.07. The second-order valence-corrected chi connectivity index (χ2v) is 8.33. The molecule has 2 saturated heterocycles. The van der Waals surface area contributed by atoms with E-state index in [1.54, 1.807) is 16.8 Å². The Bertz CT molecular complexity index is 1000. The molecule has 2 aliphatic heterocycles. The number of aromatic nitrogens is 3. The average Bonchev–Trinajstić information content (AvgIpc) is 3.10. The number of nitrogens with zero attached hydrogens (tertiary/aromatic N) is 4. The van der Waals surface area contributed by atoms with Gasteiger partial charge in [0.05, 0.1) is 12.6 Å². The van der Waals surface area contributed by atoms with Crippen molar-refractivity contribution in [2.45, 2.75) is 44.6 Å². The van der Waals surface area contributed by atoms with Crippen molar-refractivity contribution in [1.29, 1.82) is 0 Å². The summed E-state index contributed by atoms with van der Waals surface area (Å²) in [7, 11) is 0. The zero-order valence-corrected chi connectivity index (χ0v) is 17.0. The number of hydrogen-bond acceptors (Lipinski definition) is 7. The lowest BCUT2D eigenvalue weighted by Gasteiger charge is -2.15. The van der Waals surface area contributed by atoms with Gasteiger partial charge in [0.25, 0.3) is 5.91 Å². The Morgan fingerprint density at radius 1 is 1.23 bits per heavy atom. The molecule has 3 N–H and O–H groups in total. The topological polar surface area (TPSA) is 104 Å². The molecule has 0 aromatic carbocycles. The van der Waals surface area contributed by atoms with E-state index >= 15 is 0 Å². The van der Waals surface area contributed by atoms with Gasteiger partial charge in [0.15, 0.2) is 5.65 Å². The summed E-state index contributed by atoms with van der Waals surface area (Å²) in [6, 6.07) is 2.47. The molecule has 158 valence electrons. The third-order valence-corrected chi connectivity index (χ3v) is 5.81. The molecular formula is C21H27N7O2. The van der Waals surface area contributed by atoms with Crippen molar-refractivity contribution in [2.24, 2.45) is 0 Å². The minimum atomic E-state index is -0.341. The normalized spacial score (nSPS) is 21.0. The third kappa shape index (κ3) is 4.16. The van der Waals surface area contributed by atoms with Gasteiger partial charge in [0.1, 0.15) is 11.6 Å². The Balaban J connectivity index is 1.37. The van der Waals surface area contributed by atoms with Crippen LogP contribution >= 0.6 is 0 Å². The maximum atomic E-state index is 11.9. The summed E-state index contributed by atoms with van der Waals surface area (Å²) < 4.78 is 1.77. The number of amides is 2. The van der Waals surface area contributed by atoms with Crippen molar-refractivity contribution in [2.75, 3.05) is 36.8 Å². The third-order valence-electron chi connectivity index (χ3n) is 5.81. The Morgan fingerprint density at radius 3 is 2.80 bits per heavy atom. The van der Waals surface area contributed by atoms with Crippen LogP contribution in [0.25, 0.3) is 11.7 Å². The molecule has 0 spiro atoms. The average molecular weight is 409 g/mol. The van der Waals surface area contributed by atoms with Crippen LogP contribution in [-0.4, -0.2) is 63.5 Å². The summed E-state index contributed by atoms with van der Waals surface area (Å²) in [4.78, 5) is 30.7. The van der Waals surface area contributed by atoms with Gasteiger partial charge in [-0.05, 0) is 57.8 Å². The van der Waals surface area contributed by atoms with Gasteiger partial charge in [-0.1, -0.05) is 0 Å². The standard InChI is InChI=1S/C21H27N7O2/c29-19-11-14(21(30)26-19)10-15-13-23-28-18(24-16-4-5-16)12-17(25-20(15)28)22-6-3-9-27-7-1-2-8-27/h10,12-13,16,24H,1-9,11H2,(H,22,25)(H,26,29,30). The Kier molecular flexibility index (Phi) is 5.12. The summed E-state index contributed by atoms with van der Waals surface area (Å²) in [5, 5.41) is 13.8. The van der Waals surface area contributed by atoms with E-state index < -0.39 is 0 Å². The number of carbonyl (C=O) groups excluding carboxylic acids is 2. The molecule has 30 heavy (non-hydrogen) atoms. The molecule has 9 nitrogen and oxygen atoms in total. The van der Waals surface area contributed by atoms with Gasteiger partial charge in [0, 0.05) is 29.8 Å². The van der Waals surface area contributed by atoms with Crippen molar-refractivity contribution in [3.63, 3.8) is 0 Å². The van der Waals surface area contributed by atoms with Crippen molar-refractivity contribution in [3.8, 4) is 0 Å². The van der Waals surface area contributed by atoms with Crippen LogP contribution in [0, 0.1) is 0 Å². The SMILES string of the molecule is O=C1CC(=Cc2cnn3c(NC4CC4)cc(NCCCN4CCCC4)nc23)C(=O)N1. The summed E-state index contributed by atoms with van der Waals surface area (Å²) in [6.45, 7) is 4.38. The molecule has 0 unspecified atom stereocenters. The Morgan fingerprint density at radius 2 is 2.07 bits per heavy atom. The molecule has 2 aromatic rings. The number of rotatable bonds is 8. The molecule has 9 heteroatoms. The van der Waals surface area contributed by atoms with Gasteiger partial charge in [0.2, 0.25) is 5.91 Å². The molecule has 1 aliphatic carbocycles. The number of carbonyl (C=O) groups is 2. The van der Waals surface area contributed by atoms with Crippen LogP contribution in [-0.2, 0) is 9.59 Å². The van der Waals surface area contributed by atoms with Crippen molar-refractivity contribution in [3.05, 3.63) is 23.4 Å². The Labute approximate surface area is 174 Å². The fraction of sp³-hybridized carbons (Fsp3) is 0.524. The highest BCUT2D eigenvalue weighted by molar-refractivity contribution is 6.15. The minimum Gasteiger partial charge on any atom is -0.370 e. The van der Waals surface area contributed by atoms with Crippen molar-refractivity contribution in [1.82, 2.24) is 24.8 Å². The van der Waals surface area contributed by atoms with Gasteiger partial charge < -0.3 is 15.5 Å². The maximum absolute atomic E-state index is 11.9. The number of anilines is 2. The van der Waals surface area contributed by atoms with Gasteiger partial charge in [-0.2, -0.15) is 9.61 Å². The lowest BCUT2D eigenvalue weighted by atomic mass is 10.1. The zero-order chi connectivity index (χ0) is 20.5. The first-order chi connectivity index (χ1) is 14.7. The largest absolute Gasteiger partial charge is 0.370 e. The minimum absolute atomic E-state index is 0.0950. The van der Waals surface area contributed by atoms with Gasteiger partial charge in [-0.25, -0.2) is 4.98 Å². The van der Waals surface area contributed by atoms with Gasteiger partial charge in [-0.15, -0.1) is 0 Å². The molecule has 0 atom stereocenters. The van der Waals surface area contributed by atoms with Gasteiger partial charge >= 0.3 is 0 Å². The van der Waals surface area contributed by atoms with E-state index in [1.165, 1.54) is 25.9 Å². The molecule has 3 fully saturated rings. The van der Waals surface area contributed by atoms with E-state index in [9.17, 15) is 9.59 Å². The molecule has 3 aliphatic rings. The second kappa shape index (κ2) is 8.06. The first kappa shape index (κ1) is 19.0. The molecule has 0 bridgehead atoms. The quantitative estimate of drug-likeness (QED) is 0.346. The molecule has 4 heterocycles. The molecule has 5 rings (SSSR count). The molecule has 2 amide bonds. The monoisotopic (exact) mass is 409 g/mol. The number of nitrogens with one attached hydrogen (secondary N) is 3. The van der Waals surface area contributed by atoms with E-state index in [0.29, 0.717) is 17.3 Å². The number of hydrogen-bond donors (Lipinski definition) is 3. The highest BCUT2D eigenvalue weighted by Gasteiger charge is 2.25. The predicted octanol–water partition coefficient (Wildman–Crippen LogP) is 1.63. The summed E-state index contributed by atoms with van der Waals surface area (Å²) in [5.41, 5.74) is 1.84. The highest BCUT2D eigenvalue weighted by Crippen LogP contribution is 2.28. The first-order valence-corrected chi connectivity index (χ1v) is 10.8. The van der Waals surface area contributed by atoms with E-state index in [1.807, 2.05) is 6.07 Å². The van der Waals surface area contributed by atoms with Crippen LogP contribution < -0.4 is 16.0 Å². The van der Waals surface area contributed by atoms with Crippen LogP contribution in [0.4, 0.5) is 11.6 Å². The van der Waals surface area contributed by atoms with Crippen LogP contribution in [0.15, 0.2) is 17.8 Å². The molecular weight excluding hydrogens is 382 g/mol. The van der Waals surface area contributed by atoms with Crippen LogP contribution in [0.3, 0.4) is 0 Å². The van der Waals surface area contributed by atoms with Crippen LogP contribution in [0.1, 0.15) is 44.1 Å². The number of likely N-dealkylation sites (tertiary alicyclic amines) is 1. The lowest BCUT2D eigenvalue weighted by Crippen LogP contribution is -2.22. The van der Waals surface area contributed by atoms with E-state index in [-0.39, 0.29) is 18.2 Å². The lowest BCUT2D eigenvalue weighted by molar-refractivity contribution is -0.124. The van der Waals surface area contributed by atoms with Crippen LogP contribution in [0.5, 0.6) is 0 Å².